The quantitative estimate of drug-likeness (QED) is 0.729. The van der Waals surface area contributed by atoms with Crippen molar-refractivity contribution in [3.05, 3.63) is 0 Å². The Kier molecular flexibility index (Phi) is 3.70. The van der Waals surface area contributed by atoms with Gasteiger partial charge < -0.3 is 10.2 Å². The second kappa shape index (κ2) is 5.03. The summed E-state index contributed by atoms with van der Waals surface area (Å²) < 4.78 is 0. The summed E-state index contributed by atoms with van der Waals surface area (Å²) in [6, 6.07) is 0. The summed E-state index contributed by atoms with van der Waals surface area (Å²) in [6.45, 7) is 4.01. The number of hydrogen-bond acceptors (Lipinski definition) is 3. The molecule has 0 bridgehead atoms. The normalized spacial score (nSPS) is 24.1. The van der Waals surface area contributed by atoms with Crippen LogP contribution in [0.25, 0.3) is 0 Å². The van der Waals surface area contributed by atoms with Crippen molar-refractivity contribution in [2.75, 3.05) is 37.7 Å². The highest BCUT2D eigenvalue weighted by atomic mass is 32.2. The molecule has 14 heavy (non-hydrogen) atoms. The molecule has 0 aromatic carbocycles. The van der Waals surface area contributed by atoms with Gasteiger partial charge in [0.15, 0.2) is 0 Å². The zero-order valence-electron chi connectivity index (χ0n) is 8.50. The molecule has 2 saturated heterocycles. The molecule has 2 rings (SSSR count). The van der Waals surface area contributed by atoms with Crippen molar-refractivity contribution in [1.82, 2.24) is 10.2 Å². The molecule has 1 N–H and O–H groups in total. The van der Waals surface area contributed by atoms with E-state index in [2.05, 4.69) is 10.2 Å². The molecule has 2 aliphatic heterocycles. The molecule has 0 spiro atoms. The fourth-order valence-corrected chi connectivity index (χ4v) is 2.75. The number of carbonyl (C=O) groups is 1. The first-order valence-electron chi connectivity index (χ1n) is 5.42. The largest absolute Gasteiger partial charge is 0.342 e. The number of nitrogens with zero attached hydrogens (tertiary/aromatic N) is 1. The maximum atomic E-state index is 11.8. The van der Waals surface area contributed by atoms with Gasteiger partial charge in [0, 0.05) is 25.3 Å². The number of amides is 1. The Balaban J connectivity index is 1.76. The average Bonchev–Trinajstić information content (AvgIpc) is 2.38. The van der Waals surface area contributed by atoms with E-state index in [1.54, 1.807) is 0 Å². The van der Waals surface area contributed by atoms with Crippen LogP contribution < -0.4 is 5.32 Å². The average molecular weight is 214 g/mol. The highest BCUT2D eigenvalue weighted by molar-refractivity contribution is 7.99. The topological polar surface area (TPSA) is 32.3 Å². The smallest absolute Gasteiger partial charge is 0.222 e. The number of carbonyl (C=O) groups excluding carboxylic acids is 1. The number of thioether (sulfide) groups is 1. The van der Waals surface area contributed by atoms with E-state index in [-0.39, 0.29) is 0 Å². The monoisotopic (exact) mass is 214 g/mol. The zero-order chi connectivity index (χ0) is 9.80. The predicted molar refractivity (Wildman–Crippen MR) is 59.5 cm³/mol. The Morgan fingerprint density at radius 3 is 2.93 bits per heavy atom. The van der Waals surface area contributed by atoms with Gasteiger partial charge in [-0.3, -0.25) is 4.79 Å². The summed E-state index contributed by atoms with van der Waals surface area (Å²) in [5.74, 6) is 3.32. The van der Waals surface area contributed by atoms with Crippen LogP contribution in [0.4, 0.5) is 0 Å². The zero-order valence-corrected chi connectivity index (χ0v) is 9.31. The summed E-state index contributed by atoms with van der Waals surface area (Å²) in [5, 5.41) is 3.21. The Labute approximate surface area is 89.6 Å². The lowest BCUT2D eigenvalue weighted by atomic mass is 9.98. The summed E-state index contributed by atoms with van der Waals surface area (Å²) in [4.78, 5) is 13.9. The standard InChI is InChI=1S/C10H18N2OS/c13-10(6-9-7-11-8-9)12-2-1-4-14-5-3-12/h9,11H,1-8H2. The van der Waals surface area contributed by atoms with Gasteiger partial charge in [0.05, 0.1) is 0 Å². The van der Waals surface area contributed by atoms with Gasteiger partial charge in [0.2, 0.25) is 5.91 Å². The van der Waals surface area contributed by atoms with Crippen molar-refractivity contribution in [3.8, 4) is 0 Å². The SMILES string of the molecule is O=C(CC1CNC1)N1CCCSCC1. The minimum absolute atomic E-state index is 0.374. The van der Waals surface area contributed by atoms with Crippen LogP contribution in [-0.4, -0.2) is 48.5 Å². The van der Waals surface area contributed by atoms with Gasteiger partial charge in [-0.15, -0.1) is 0 Å². The maximum absolute atomic E-state index is 11.8. The third-order valence-electron chi connectivity index (χ3n) is 2.90. The molecule has 2 heterocycles. The Hall–Kier alpha value is -0.220. The molecular weight excluding hydrogens is 196 g/mol. The van der Waals surface area contributed by atoms with Crippen molar-refractivity contribution in [2.24, 2.45) is 5.92 Å². The number of nitrogens with one attached hydrogen (secondary N) is 1. The number of rotatable bonds is 2. The molecule has 0 aliphatic carbocycles. The first-order valence-corrected chi connectivity index (χ1v) is 6.58. The Morgan fingerprint density at radius 1 is 1.36 bits per heavy atom. The molecule has 80 valence electrons. The van der Waals surface area contributed by atoms with Crippen LogP contribution in [0.1, 0.15) is 12.8 Å². The third-order valence-corrected chi connectivity index (χ3v) is 3.95. The molecular formula is C10H18N2OS. The van der Waals surface area contributed by atoms with E-state index in [0.717, 1.165) is 38.4 Å². The summed E-state index contributed by atoms with van der Waals surface area (Å²) in [6.07, 6.45) is 1.93. The van der Waals surface area contributed by atoms with E-state index in [1.807, 2.05) is 11.8 Å². The van der Waals surface area contributed by atoms with E-state index in [4.69, 9.17) is 0 Å². The summed E-state index contributed by atoms with van der Waals surface area (Å²) in [7, 11) is 0. The molecule has 4 heteroatoms. The van der Waals surface area contributed by atoms with Crippen molar-refractivity contribution in [2.45, 2.75) is 12.8 Å². The molecule has 3 nitrogen and oxygen atoms in total. The van der Waals surface area contributed by atoms with Gasteiger partial charge in [-0.2, -0.15) is 11.8 Å². The van der Waals surface area contributed by atoms with Gasteiger partial charge in [-0.1, -0.05) is 0 Å². The molecule has 0 radical (unpaired) electrons. The summed E-state index contributed by atoms with van der Waals surface area (Å²) >= 11 is 1.97. The Morgan fingerprint density at radius 2 is 2.21 bits per heavy atom. The lowest BCUT2D eigenvalue weighted by Crippen LogP contribution is -2.45. The van der Waals surface area contributed by atoms with Crippen molar-refractivity contribution >= 4 is 17.7 Å². The van der Waals surface area contributed by atoms with Crippen LogP contribution in [0.2, 0.25) is 0 Å². The van der Waals surface area contributed by atoms with E-state index in [9.17, 15) is 4.79 Å². The molecule has 0 saturated carbocycles. The minimum Gasteiger partial charge on any atom is -0.342 e. The molecule has 0 aromatic rings. The molecule has 2 aliphatic rings. The van der Waals surface area contributed by atoms with E-state index in [0.29, 0.717) is 11.8 Å². The van der Waals surface area contributed by atoms with Gasteiger partial charge in [-0.25, -0.2) is 0 Å². The Bertz CT molecular complexity index is 198. The van der Waals surface area contributed by atoms with E-state index >= 15 is 0 Å². The highest BCUT2D eigenvalue weighted by Gasteiger charge is 2.23. The van der Waals surface area contributed by atoms with E-state index < -0.39 is 0 Å². The maximum Gasteiger partial charge on any atom is 0.222 e. The number of hydrogen-bond donors (Lipinski definition) is 1. The van der Waals surface area contributed by atoms with Gasteiger partial charge in [-0.05, 0) is 31.2 Å². The van der Waals surface area contributed by atoms with Gasteiger partial charge in [0.25, 0.3) is 0 Å². The lowest BCUT2D eigenvalue weighted by Gasteiger charge is -2.29. The van der Waals surface area contributed by atoms with Gasteiger partial charge in [0.1, 0.15) is 0 Å². The van der Waals surface area contributed by atoms with Crippen molar-refractivity contribution in [3.63, 3.8) is 0 Å². The minimum atomic E-state index is 0.374. The second-order valence-electron chi connectivity index (χ2n) is 4.08. The molecule has 0 unspecified atom stereocenters. The fraction of sp³-hybridized carbons (Fsp3) is 0.900. The second-order valence-corrected chi connectivity index (χ2v) is 5.30. The van der Waals surface area contributed by atoms with E-state index in [1.165, 1.54) is 12.2 Å². The van der Waals surface area contributed by atoms with Crippen LogP contribution >= 0.6 is 11.8 Å². The predicted octanol–water partition coefficient (Wildman–Crippen LogP) is 0.561. The fourth-order valence-electron chi connectivity index (χ4n) is 1.86. The van der Waals surface area contributed by atoms with Crippen LogP contribution in [0.3, 0.4) is 0 Å². The van der Waals surface area contributed by atoms with Gasteiger partial charge >= 0.3 is 0 Å². The molecule has 0 aromatic heterocycles. The van der Waals surface area contributed by atoms with Crippen molar-refractivity contribution in [1.29, 1.82) is 0 Å². The lowest BCUT2D eigenvalue weighted by molar-refractivity contribution is -0.132. The summed E-state index contributed by atoms with van der Waals surface area (Å²) in [5.41, 5.74) is 0. The van der Waals surface area contributed by atoms with Crippen LogP contribution in [0.5, 0.6) is 0 Å². The van der Waals surface area contributed by atoms with Crippen LogP contribution in [0.15, 0.2) is 0 Å². The van der Waals surface area contributed by atoms with Crippen LogP contribution in [-0.2, 0) is 4.79 Å². The molecule has 1 amide bonds. The molecule has 2 fully saturated rings. The molecule has 0 atom stereocenters. The third kappa shape index (κ3) is 2.64. The first kappa shape index (κ1) is 10.3. The van der Waals surface area contributed by atoms with Crippen molar-refractivity contribution < 1.29 is 4.79 Å². The van der Waals surface area contributed by atoms with Crippen LogP contribution in [0, 0.1) is 5.92 Å². The highest BCUT2D eigenvalue weighted by Crippen LogP contribution is 2.14. The first-order chi connectivity index (χ1) is 6.86.